The van der Waals surface area contributed by atoms with Crippen molar-refractivity contribution in [3.63, 3.8) is 0 Å². The van der Waals surface area contributed by atoms with E-state index in [1.165, 1.54) is 6.92 Å². The summed E-state index contributed by atoms with van der Waals surface area (Å²) in [6.07, 6.45) is 1.78. The third-order valence-electron chi connectivity index (χ3n) is 5.17. The number of aromatic amines is 1. The van der Waals surface area contributed by atoms with Crippen LogP contribution in [0.25, 0.3) is 11.0 Å². The lowest BCUT2D eigenvalue weighted by molar-refractivity contribution is -0.113. The van der Waals surface area contributed by atoms with Crippen LogP contribution in [-0.2, 0) is 11.2 Å². The number of Topliss-reactive ketones (excluding diaryl/α,β-unsaturated/α-hetero) is 1. The Kier molecular flexibility index (Phi) is 5.06. The molecule has 0 saturated carbocycles. The van der Waals surface area contributed by atoms with E-state index in [0.717, 1.165) is 22.4 Å². The number of ketones is 1. The van der Waals surface area contributed by atoms with Crippen LogP contribution >= 0.6 is 0 Å². The minimum Gasteiger partial charge on any atom is -0.511 e. The van der Waals surface area contributed by atoms with Crippen molar-refractivity contribution >= 4 is 22.5 Å². The minimum absolute atomic E-state index is 0.133. The van der Waals surface area contributed by atoms with Gasteiger partial charge in [-0.3, -0.25) is 9.79 Å². The molecule has 0 radical (unpaired) electrons. The molecule has 0 aliphatic heterocycles. The Hall–Kier alpha value is -3.21. The third-order valence-corrected chi connectivity index (χ3v) is 5.17. The van der Waals surface area contributed by atoms with Crippen molar-refractivity contribution in [3.8, 4) is 0 Å². The smallest absolute Gasteiger partial charge is 0.164 e. The van der Waals surface area contributed by atoms with Crippen molar-refractivity contribution in [1.82, 2.24) is 9.97 Å². The highest BCUT2D eigenvalue weighted by Gasteiger charge is 2.29. The van der Waals surface area contributed by atoms with Gasteiger partial charge in [-0.25, -0.2) is 4.98 Å². The van der Waals surface area contributed by atoms with Crippen molar-refractivity contribution in [2.75, 3.05) is 6.54 Å². The van der Waals surface area contributed by atoms with Gasteiger partial charge in [0.2, 0.25) is 0 Å². The zero-order valence-electron chi connectivity index (χ0n) is 15.9. The van der Waals surface area contributed by atoms with E-state index in [1.54, 1.807) is 0 Å². The van der Waals surface area contributed by atoms with E-state index in [4.69, 9.17) is 4.99 Å². The first-order valence-electron chi connectivity index (χ1n) is 9.57. The number of fused-ring (bicyclic) bond motifs is 1. The number of imidazole rings is 1. The summed E-state index contributed by atoms with van der Waals surface area (Å²) in [5.41, 5.74) is 4.18. The van der Waals surface area contributed by atoms with E-state index in [-0.39, 0.29) is 17.5 Å². The lowest BCUT2D eigenvalue weighted by atomic mass is 9.81. The van der Waals surface area contributed by atoms with E-state index < -0.39 is 0 Å². The number of allylic oxidation sites excluding steroid dienone is 2. The maximum Gasteiger partial charge on any atom is 0.164 e. The molecule has 1 atom stereocenters. The number of para-hydroxylation sites is 2. The fourth-order valence-electron chi connectivity index (χ4n) is 3.84. The standard InChI is InChI=1S/C23H23N3O2/c1-15(27)23-20(13-17(14-21(23)28)16-7-3-2-4-8-16)24-12-11-22-25-18-9-5-6-10-19(18)26-22/h2-10,17,28H,11-14H2,1H3,(H,25,26)/t17-/m1/s1. The Morgan fingerprint density at radius 3 is 2.64 bits per heavy atom. The molecule has 5 nitrogen and oxygen atoms in total. The van der Waals surface area contributed by atoms with Gasteiger partial charge in [0.15, 0.2) is 5.78 Å². The maximum absolute atomic E-state index is 12.1. The van der Waals surface area contributed by atoms with Crippen LogP contribution in [0.4, 0.5) is 0 Å². The number of aliphatic imine (C=N–C) groups is 1. The summed E-state index contributed by atoms with van der Waals surface area (Å²) < 4.78 is 0. The van der Waals surface area contributed by atoms with E-state index in [9.17, 15) is 9.90 Å². The highest BCUT2D eigenvalue weighted by molar-refractivity contribution is 6.22. The summed E-state index contributed by atoms with van der Waals surface area (Å²) in [5, 5.41) is 10.5. The van der Waals surface area contributed by atoms with Gasteiger partial charge in [0.05, 0.1) is 16.6 Å². The largest absolute Gasteiger partial charge is 0.511 e. The average molecular weight is 373 g/mol. The van der Waals surface area contributed by atoms with Crippen LogP contribution in [-0.4, -0.2) is 33.1 Å². The zero-order valence-corrected chi connectivity index (χ0v) is 15.9. The molecule has 5 heteroatoms. The molecule has 1 heterocycles. The summed E-state index contributed by atoms with van der Waals surface area (Å²) in [5.74, 6) is 1.02. The molecule has 28 heavy (non-hydrogen) atoms. The van der Waals surface area contributed by atoms with Crippen LogP contribution in [0.1, 0.15) is 37.1 Å². The number of hydrogen-bond donors (Lipinski definition) is 2. The first-order valence-corrected chi connectivity index (χ1v) is 9.57. The SMILES string of the molecule is CC(=O)C1=C(O)C[C@H](c2ccccc2)CC1=NCCc1nc2ccccc2[nH]1. The van der Waals surface area contributed by atoms with Crippen molar-refractivity contribution in [2.24, 2.45) is 4.99 Å². The molecule has 0 bridgehead atoms. The number of rotatable bonds is 5. The fraction of sp³-hybridized carbons (Fsp3) is 0.261. The van der Waals surface area contributed by atoms with Gasteiger partial charge in [-0.15, -0.1) is 0 Å². The summed E-state index contributed by atoms with van der Waals surface area (Å²) in [7, 11) is 0. The molecule has 0 fully saturated rings. The summed E-state index contributed by atoms with van der Waals surface area (Å²) in [6, 6.07) is 18.0. The number of nitrogens with zero attached hydrogens (tertiary/aromatic N) is 2. The molecule has 0 amide bonds. The molecular weight excluding hydrogens is 350 g/mol. The average Bonchev–Trinajstić information content (AvgIpc) is 3.11. The van der Waals surface area contributed by atoms with Gasteiger partial charge in [-0.2, -0.15) is 0 Å². The Morgan fingerprint density at radius 1 is 1.14 bits per heavy atom. The van der Waals surface area contributed by atoms with Crippen LogP contribution in [0, 0.1) is 0 Å². The van der Waals surface area contributed by atoms with E-state index in [1.807, 2.05) is 42.5 Å². The Morgan fingerprint density at radius 2 is 1.89 bits per heavy atom. The van der Waals surface area contributed by atoms with Crippen molar-refractivity contribution < 1.29 is 9.90 Å². The second-order valence-electron chi connectivity index (χ2n) is 7.17. The normalized spacial score (nSPS) is 18.8. The number of benzene rings is 2. The molecule has 1 aliphatic rings. The van der Waals surface area contributed by atoms with Crippen LogP contribution in [0.15, 0.2) is 70.9 Å². The van der Waals surface area contributed by atoms with E-state index in [2.05, 4.69) is 22.1 Å². The van der Waals surface area contributed by atoms with Crippen molar-refractivity contribution in [2.45, 2.75) is 32.1 Å². The Balaban J connectivity index is 1.55. The van der Waals surface area contributed by atoms with Crippen molar-refractivity contribution in [1.29, 1.82) is 0 Å². The van der Waals surface area contributed by atoms with Gasteiger partial charge in [0, 0.05) is 25.1 Å². The second-order valence-corrected chi connectivity index (χ2v) is 7.17. The first-order chi connectivity index (χ1) is 13.6. The lowest BCUT2D eigenvalue weighted by Gasteiger charge is -2.25. The van der Waals surface area contributed by atoms with Gasteiger partial charge < -0.3 is 10.1 Å². The number of aromatic nitrogens is 2. The van der Waals surface area contributed by atoms with Crippen molar-refractivity contribution in [3.05, 3.63) is 77.3 Å². The molecule has 3 aromatic rings. The summed E-state index contributed by atoms with van der Waals surface area (Å²) in [4.78, 5) is 24.7. The Labute approximate surface area is 163 Å². The highest BCUT2D eigenvalue weighted by Crippen LogP contribution is 2.34. The van der Waals surface area contributed by atoms with Crippen LogP contribution in [0.5, 0.6) is 0 Å². The molecule has 2 N–H and O–H groups in total. The minimum atomic E-state index is -0.133. The zero-order chi connectivity index (χ0) is 19.5. The topological polar surface area (TPSA) is 78.3 Å². The van der Waals surface area contributed by atoms with Gasteiger partial charge in [-0.05, 0) is 37.0 Å². The Bertz CT molecular complexity index is 1030. The quantitative estimate of drug-likeness (QED) is 0.690. The van der Waals surface area contributed by atoms with Crippen LogP contribution in [0.3, 0.4) is 0 Å². The molecular formula is C23H23N3O2. The number of H-pyrrole nitrogens is 1. The van der Waals surface area contributed by atoms with Crippen LogP contribution in [0.2, 0.25) is 0 Å². The second kappa shape index (κ2) is 7.80. The van der Waals surface area contributed by atoms with Crippen LogP contribution < -0.4 is 0 Å². The van der Waals surface area contributed by atoms with Gasteiger partial charge >= 0.3 is 0 Å². The molecule has 0 saturated heterocycles. The molecule has 1 aromatic heterocycles. The predicted molar refractivity (Wildman–Crippen MR) is 111 cm³/mol. The lowest BCUT2D eigenvalue weighted by Crippen LogP contribution is -2.23. The third kappa shape index (κ3) is 3.74. The number of carbonyl (C=O) groups is 1. The van der Waals surface area contributed by atoms with Gasteiger partial charge in [-0.1, -0.05) is 42.5 Å². The maximum atomic E-state index is 12.1. The number of hydrogen-bond acceptors (Lipinski definition) is 4. The monoisotopic (exact) mass is 373 g/mol. The number of carbonyl (C=O) groups excluding carboxylic acids is 1. The number of aliphatic hydroxyl groups is 1. The highest BCUT2D eigenvalue weighted by atomic mass is 16.3. The molecule has 1 aliphatic carbocycles. The van der Waals surface area contributed by atoms with E-state index in [0.29, 0.717) is 37.1 Å². The van der Waals surface area contributed by atoms with Gasteiger partial charge in [0.25, 0.3) is 0 Å². The van der Waals surface area contributed by atoms with E-state index >= 15 is 0 Å². The molecule has 2 aromatic carbocycles. The number of aliphatic hydroxyl groups excluding tert-OH is 1. The van der Waals surface area contributed by atoms with Gasteiger partial charge in [0.1, 0.15) is 11.6 Å². The molecule has 4 rings (SSSR count). The molecule has 0 unspecified atom stereocenters. The molecule has 0 spiro atoms. The summed E-state index contributed by atoms with van der Waals surface area (Å²) >= 11 is 0. The molecule has 142 valence electrons. The first kappa shape index (κ1) is 18.2. The fourth-order valence-corrected chi connectivity index (χ4v) is 3.84. The number of nitrogens with one attached hydrogen (secondary N) is 1. The predicted octanol–water partition coefficient (Wildman–Crippen LogP) is 4.53. The summed E-state index contributed by atoms with van der Waals surface area (Å²) in [6.45, 7) is 2.00.